The molecule has 0 spiro atoms. The molecule has 540 valence electrons. The topological polar surface area (TPSA) is 149 Å². The molecule has 7 unspecified atom stereocenters. The minimum absolute atomic E-state index is 0.179. The summed E-state index contributed by atoms with van der Waals surface area (Å²) in [5.41, 5.74) is 0. The molecular formula is C83H155NO8. The van der Waals surface area contributed by atoms with Gasteiger partial charge in [0.05, 0.1) is 25.4 Å². The Morgan fingerprint density at radius 2 is 0.652 bits per heavy atom. The Morgan fingerprint density at radius 3 is 0.989 bits per heavy atom. The van der Waals surface area contributed by atoms with Crippen LogP contribution in [-0.2, 0) is 14.3 Å². The Morgan fingerprint density at radius 1 is 0.370 bits per heavy atom. The van der Waals surface area contributed by atoms with Gasteiger partial charge in [-0.15, -0.1) is 0 Å². The van der Waals surface area contributed by atoms with Crippen molar-refractivity contribution in [2.45, 2.75) is 448 Å². The fraction of sp³-hybridized carbons (Fsp3) is 0.867. The zero-order chi connectivity index (χ0) is 66.4. The van der Waals surface area contributed by atoms with Gasteiger partial charge < -0.3 is 40.3 Å². The highest BCUT2D eigenvalue weighted by molar-refractivity contribution is 5.76. The van der Waals surface area contributed by atoms with Crippen LogP contribution in [0, 0.1) is 0 Å². The zero-order valence-electron chi connectivity index (χ0n) is 60.8. The van der Waals surface area contributed by atoms with Crippen LogP contribution in [0.4, 0.5) is 0 Å². The van der Waals surface area contributed by atoms with E-state index in [9.17, 15) is 30.3 Å². The van der Waals surface area contributed by atoms with E-state index in [0.29, 0.717) is 6.42 Å². The summed E-state index contributed by atoms with van der Waals surface area (Å²) in [5.74, 6) is -0.179. The van der Waals surface area contributed by atoms with Crippen LogP contribution in [0.1, 0.15) is 406 Å². The van der Waals surface area contributed by atoms with Crippen LogP contribution in [0.2, 0.25) is 0 Å². The van der Waals surface area contributed by atoms with Gasteiger partial charge in [-0.3, -0.25) is 4.79 Å². The Kier molecular flexibility index (Phi) is 68.5. The van der Waals surface area contributed by atoms with Crippen molar-refractivity contribution in [1.82, 2.24) is 5.32 Å². The summed E-state index contributed by atoms with van der Waals surface area (Å²) in [4.78, 5) is 13.2. The second kappa shape index (κ2) is 71.7. The van der Waals surface area contributed by atoms with Gasteiger partial charge in [0.2, 0.25) is 5.91 Å². The van der Waals surface area contributed by atoms with Crippen LogP contribution in [0.15, 0.2) is 60.8 Å². The highest BCUT2D eigenvalue weighted by atomic mass is 16.7. The first-order valence-electron chi connectivity index (χ1n) is 40.5. The Hall–Kier alpha value is -2.11. The van der Waals surface area contributed by atoms with E-state index >= 15 is 0 Å². The van der Waals surface area contributed by atoms with Crippen molar-refractivity contribution < 1.29 is 39.8 Å². The number of ether oxygens (including phenoxy) is 2. The highest BCUT2D eigenvalue weighted by Crippen LogP contribution is 2.24. The van der Waals surface area contributed by atoms with Crippen LogP contribution < -0.4 is 5.32 Å². The van der Waals surface area contributed by atoms with Crippen molar-refractivity contribution in [3.8, 4) is 0 Å². The van der Waals surface area contributed by atoms with E-state index in [1.165, 1.54) is 334 Å². The maximum absolute atomic E-state index is 13.2. The third kappa shape index (κ3) is 59.2. The number of nitrogens with one attached hydrogen (secondary N) is 1. The molecule has 6 N–H and O–H groups in total. The number of aliphatic hydroxyl groups excluding tert-OH is 5. The maximum atomic E-state index is 13.2. The molecule has 1 rings (SSSR count). The average molecular weight is 1300 g/mol. The van der Waals surface area contributed by atoms with E-state index in [4.69, 9.17) is 9.47 Å². The number of hydrogen-bond donors (Lipinski definition) is 6. The lowest BCUT2D eigenvalue weighted by atomic mass is 9.99. The SMILES string of the molecule is CCCCCCC/C=C\C/C=C\C/C=C\CCCCCCCCCCCCCCCCCCCCCCCCCCC(=O)NC(COC1OC(CO)C(O)C(O)C1O)C(O)/C=C/CC/C=C/CCCCCCCCCCCCCCCCCCCCCCCCCC. The van der Waals surface area contributed by atoms with Crippen molar-refractivity contribution in [3.05, 3.63) is 60.8 Å². The molecule has 0 radical (unpaired) electrons. The molecule has 0 saturated carbocycles. The van der Waals surface area contributed by atoms with Gasteiger partial charge in [0.1, 0.15) is 24.4 Å². The molecule has 1 aliphatic heterocycles. The fourth-order valence-electron chi connectivity index (χ4n) is 13.0. The van der Waals surface area contributed by atoms with Gasteiger partial charge in [-0.25, -0.2) is 0 Å². The maximum Gasteiger partial charge on any atom is 0.220 e. The van der Waals surface area contributed by atoms with E-state index in [0.717, 1.165) is 51.4 Å². The normalized spacial score (nSPS) is 17.9. The number of unbranched alkanes of at least 4 members (excludes halogenated alkanes) is 54. The first-order chi connectivity index (χ1) is 45.3. The second-order valence-electron chi connectivity index (χ2n) is 28.2. The number of carbonyl (C=O) groups is 1. The van der Waals surface area contributed by atoms with Crippen molar-refractivity contribution >= 4 is 5.91 Å². The molecule has 9 nitrogen and oxygen atoms in total. The molecule has 0 bridgehead atoms. The van der Waals surface area contributed by atoms with Crippen LogP contribution in [-0.4, -0.2) is 87.5 Å². The van der Waals surface area contributed by atoms with Crippen LogP contribution in [0.3, 0.4) is 0 Å². The van der Waals surface area contributed by atoms with Gasteiger partial charge in [0.15, 0.2) is 6.29 Å². The summed E-state index contributed by atoms with van der Waals surface area (Å²) in [7, 11) is 0. The molecule has 1 heterocycles. The van der Waals surface area contributed by atoms with Crippen molar-refractivity contribution in [2.75, 3.05) is 13.2 Å². The van der Waals surface area contributed by atoms with Gasteiger partial charge in [-0.1, -0.05) is 389 Å². The summed E-state index contributed by atoms with van der Waals surface area (Å²) < 4.78 is 11.3. The van der Waals surface area contributed by atoms with E-state index in [-0.39, 0.29) is 12.5 Å². The molecule has 0 aromatic carbocycles. The average Bonchev–Trinajstić information content (AvgIpc) is 1.45. The quantitative estimate of drug-likeness (QED) is 0.0261. The first-order valence-corrected chi connectivity index (χ1v) is 40.5. The number of allylic oxidation sites excluding steroid dienone is 9. The second-order valence-corrected chi connectivity index (χ2v) is 28.2. The van der Waals surface area contributed by atoms with Gasteiger partial charge in [0, 0.05) is 6.42 Å². The van der Waals surface area contributed by atoms with Crippen molar-refractivity contribution in [1.29, 1.82) is 0 Å². The van der Waals surface area contributed by atoms with Crippen LogP contribution >= 0.6 is 0 Å². The third-order valence-electron chi connectivity index (χ3n) is 19.3. The largest absolute Gasteiger partial charge is 0.394 e. The Balaban J connectivity index is 2.07. The van der Waals surface area contributed by atoms with Crippen molar-refractivity contribution in [2.24, 2.45) is 0 Å². The molecule has 1 fully saturated rings. The number of aliphatic hydroxyl groups is 5. The summed E-state index contributed by atoms with van der Waals surface area (Å²) in [6.07, 6.45) is 93.8. The van der Waals surface area contributed by atoms with Crippen LogP contribution in [0.5, 0.6) is 0 Å². The number of amides is 1. The summed E-state index contributed by atoms with van der Waals surface area (Å²) >= 11 is 0. The smallest absolute Gasteiger partial charge is 0.220 e. The van der Waals surface area contributed by atoms with E-state index in [1.54, 1.807) is 6.08 Å². The number of rotatable bonds is 72. The first kappa shape index (κ1) is 87.9. The van der Waals surface area contributed by atoms with Crippen molar-refractivity contribution in [3.63, 3.8) is 0 Å². The predicted octanol–water partition coefficient (Wildman–Crippen LogP) is 23.3. The minimum Gasteiger partial charge on any atom is -0.394 e. The monoisotopic (exact) mass is 1290 g/mol. The molecule has 0 aliphatic carbocycles. The van der Waals surface area contributed by atoms with Gasteiger partial charge >= 0.3 is 0 Å². The Labute approximate surface area is 570 Å². The van der Waals surface area contributed by atoms with Gasteiger partial charge in [0.25, 0.3) is 0 Å². The molecular weight excluding hydrogens is 1140 g/mol. The lowest BCUT2D eigenvalue weighted by Gasteiger charge is -2.40. The number of hydrogen-bond acceptors (Lipinski definition) is 8. The van der Waals surface area contributed by atoms with E-state index in [1.807, 2.05) is 6.08 Å². The third-order valence-corrected chi connectivity index (χ3v) is 19.3. The molecule has 9 heteroatoms. The summed E-state index contributed by atoms with van der Waals surface area (Å²) in [5, 5.41) is 54.9. The Bertz CT molecular complexity index is 1650. The lowest BCUT2D eigenvalue weighted by Crippen LogP contribution is -2.60. The highest BCUT2D eigenvalue weighted by Gasteiger charge is 2.44. The fourth-order valence-corrected chi connectivity index (χ4v) is 13.0. The van der Waals surface area contributed by atoms with E-state index in [2.05, 4.69) is 67.8 Å². The number of carbonyl (C=O) groups excluding carboxylic acids is 1. The molecule has 0 aromatic rings. The van der Waals surface area contributed by atoms with Crippen LogP contribution in [0.25, 0.3) is 0 Å². The summed E-state index contributed by atoms with van der Waals surface area (Å²) in [6, 6.07) is -0.824. The van der Waals surface area contributed by atoms with E-state index < -0.39 is 49.5 Å². The lowest BCUT2D eigenvalue weighted by molar-refractivity contribution is -0.302. The molecule has 7 atom stereocenters. The standard InChI is InChI=1S/C83H155NO8/c1-3-5-7-9-11-13-15-17-19-21-23-25-27-29-31-33-35-36-37-38-39-40-41-42-43-45-47-49-51-53-55-57-59-61-63-65-67-69-71-73-79(87)84-76(75-91-83-82(90)81(89)80(88)78(74-85)92-83)77(86)72-70-68-66-64-62-60-58-56-54-52-50-48-46-44-34-32-30-28-26-24-22-20-18-16-14-12-10-8-6-4-2/h15,17,21,23,27,29,62,64,70,72,76-78,80-83,85-86,88-90H,3-14,16,18-20,22,24-26,28,30-61,63,65-69,71,73-75H2,1-2H3,(H,84,87)/b17-15-,23-21-,29-27-,64-62+,72-70+. The van der Waals surface area contributed by atoms with Gasteiger partial charge in [-0.2, -0.15) is 0 Å². The molecule has 92 heavy (non-hydrogen) atoms. The molecule has 1 amide bonds. The predicted molar refractivity (Wildman–Crippen MR) is 396 cm³/mol. The summed E-state index contributed by atoms with van der Waals surface area (Å²) in [6.45, 7) is 3.81. The molecule has 1 aliphatic rings. The zero-order valence-corrected chi connectivity index (χ0v) is 60.8. The molecule has 0 aromatic heterocycles. The minimum atomic E-state index is -1.57. The molecule has 1 saturated heterocycles. The van der Waals surface area contributed by atoms with Gasteiger partial charge in [-0.05, 0) is 70.6 Å².